The van der Waals surface area contributed by atoms with Crippen LogP contribution in [0.3, 0.4) is 0 Å². The molecular weight excluding hydrogens is 2130 g/mol. The normalized spacial score (nSPS) is 16.6. The summed E-state index contributed by atoms with van der Waals surface area (Å²) in [6, 6.07) is 62.3. The highest BCUT2D eigenvalue weighted by molar-refractivity contribution is 14.1. The molecule has 1 fully saturated rings. The van der Waals surface area contributed by atoms with Crippen molar-refractivity contribution in [1.29, 1.82) is 0 Å². The fourth-order valence-electron chi connectivity index (χ4n) is 15.2. The zero-order valence-corrected chi connectivity index (χ0v) is 89.4. The number of methoxy groups -OCH3 is 15. The Morgan fingerprint density at radius 1 is 0.351 bits per heavy atom. The third kappa shape index (κ3) is 32.7. The summed E-state index contributed by atoms with van der Waals surface area (Å²) < 4.78 is 126. The fourth-order valence-corrected chi connectivity index (χ4v) is 16.1. The smallest absolute Gasteiger partial charge is 0.338 e. The van der Waals surface area contributed by atoms with Gasteiger partial charge in [0.05, 0.1) is 173 Å². The minimum Gasteiger partial charge on any atom is -0.501 e. The van der Waals surface area contributed by atoms with Gasteiger partial charge >= 0.3 is 11.9 Å². The van der Waals surface area contributed by atoms with E-state index in [2.05, 4.69) is 55.8 Å². The van der Waals surface area contributed by atoms with Crippen molar-refractivity contribution in [1.82, 2.24) is 0 Å². The lowest BCUT2D eigenvalue weighted by Gasteiger charge is -2.18. The molecule has 2 unspecified atom stereocenters. The number of anilines is 4. The van der Waals surface area contributed by atoms with E-state index in [0.29, 0.717) is 144 Å². The number of halogens is 2. The van der Waals surface area contributed by atoms with Gasteiger partial charge in [0.15, 0.2) is 63.8 Å². The number of hydrogen-bond donors (Lipinski definition) is 5. The number of carbonyl (C=O) groups is 4. The third-order valence-corrected chi connectivity index (χ3v) is 24.1. The number of para-hydroxylation sites is 4. The van der Waals surface area contributed by atoms with Crippen molar-refractivity contribution in [3.63, 3.8) is 0 Å². The first kappa shape index (κ1) is 117. The van der Waals surface area contributed by atoms with Gasteiger partial charge < -0.3 is 136 Å². The number of nitrogens with two attached hydrogens (primary N) is 2. The Labute approximate surface area is 891 Å². The maximum atomic E-state index is 12.6. The Morgan fingerprint density at radius 2 is 0.649 bits per heavy atom. The lowest BCUT2D eigenvalue weighted by molar-refractivity contribution is -0.0589. The maximum Gasteiger partial charge on any atom is 0.338 e. The molecule has 2 amide bonds. The van der Waals surface area contributed by atoms with Crippen LogP contribution in [0, 0.1) is 7.14 Å². The monoisotopic (exact) mass is 2260 g/mol. The number of ether oxygens (including phenoxy) is 23. The summed E-state index contributed by atoms with van der Waals surface area (Å²) in [5.41, 5.74) is 22.7. The fraction of sp³-hybridized carbons (Fsp3) is 0.298. The van der Waals surface area contributed by atoms with Gasteiger partial charge in [-0.15, -0.1) is 0 Å². The van der Waals surface area contributed by atoms with E-state index in [-0.39, 0.29) is 73.9 Å². The second-order valence-electron chi connectivity index (χ2n) is 31.9. The van der Waals surface area contributed by atoms with E-state index in [1.165, 1.54) is 0 Å². The summed E-state index contributed by atoms with van der Waals surface area (Å²) in [6.07, 6.45) is 21.3. The van der Waals surface area contributed by atoms with Crippen molar-refractivity contribution in [3.05, 3.63) is 336 Å². The van der Waals surface area contributed by atoms with Gasteiger partial charge in [-0.3, -0.25) is 9.59 Å². The summed E-state index contributed by atoms with van der Waals surface area (Å²) in [4.78, 5) is 48.0. The highest BCUT2D eigenvalue weighted by Gasteiger charge is 2.31. The van der Waals surface area contributed by atoms with E-state index in [0.717, 1.165) is 85.0 Å². The third-order valence-electron chi connectivity index (χ3n) is 22.7. The van der Waals surface area contributed by atoms with Crippen LogP contribution >= 0.6 is 45.2 Å². The summed E-state index contributed by atoms with van der Waals surface area (Å²) >= 11 is 4.38. The van der Waals surface area contributed by atoms with Gasteiger partial charge in [0.1, 0.15) is 42.7 Å². The second kappa shape index (κ2) is 60.5. The van der Waals surface area contributed by atoms with Gasteiger partial charge in [0.2, 0.25) is 28.7 Å². The van der Waals surface area contributed by atoms with Crippen LogP contribution < -0.4 is 93.2 Å². The molecule has 0 radical (unpaired) electrons. The molecule has 32 nitrogen and oxygen atoms in total. The number of nitrogen functional groups attached to an aromatic ring is 2. The summed E-state index contributed by atoms with van der Waals surface area (Å²) in [7, 11) is 23.8. The Balaban J connectivity index is 0.000000199. The molecule has 11 aromatic carbocycles. The molecule has 0 bridgehead atoms. The molecule has 17 rings (SSSR count). The predicted octanol–water partition coefficient (Wildman–Crippen LogP) is 23.2. The van der Waals surface area contributed by atoms with Gasteiger partial charge in [-0.05, 0) is 257 Å². The first-order valence-corrected chi connectivity index (χ1v) is 48.7. The summed E-state index contributed by atoms with van der Waals surface area (Å²) in [6.45, 7) is 5.98. The quantitative estimate of drug-likeness (QED) is 0.0121. The van der Waals surface area contributed by atoms with E-state index < -0.39 is 6.29 Å². The number of aliphatic hydroxyl groups excluding tert-OH is 1. The number of aliphatic hydroxyl groups is 1. The van der Waals surface area contributed by atoms with Crippen molar-refractivity contribution >= 4 is 91.7 Å². The SMILES string of the molecule is C.C1=COCC1.CCOC(=O)c1ccc(I)cc1.CCOC(=O)c1ccc([C@@H]2C=C[C@@H](c3cc(OC)c(OC)c(OC)c3)O2)cc1.COc1cc(C2CC=CO2)cc(OC)c1OC.COc1cc(I)cc(OC)c1OC.COc1cc([C@@H]2C=C[C@@H](c3ccc(C(=O)Nc4ccccc4N)cc3)O2)cc(OC)c1OC.COc1cc([C@@H]2C=C[C@@H](c3ccc(C(=O)Nc4ccccc4N)cc3)O2)cc(OC)c1OC.OC1CCCO1. The first-order chi connectivity index (χ1) is 71.3. The zero-order valence-electron chi connectivity index (χ0n) is 85.1. The predicted molar refractivity (Wildman–Crippen MR) is 584 cm³/mol. The molecule has 0 aliphatic carbocycles. The molecule has 11 aromatic rings. The van der Waals surface area contributed by atoms with Gasteiger partial charge in [-0.2, -0.15) is 0 Å². The van der Waals surface area contributed by atoms with Crippen LogP contribution in [0.25, 0.3) is 0 Å². The highest BCUT2D eigenvalue weighted by Crippen LogP contribution is 2.49. The minimum absolute atomic E-state index is 0. The molecule has 148 heavy (non-hydrogen) atoms. The van der Waals surface area contributed by atoms with Crippen LogP contribution in [0.2, 0.25) is 0 Å². The Kier molecular flexibility index (Phi) is 47.9. The molecule has 0 aromatic heterocycles. The van der Waals surface area contributed by atoms with Crippen molar-refractivity contribution in [2.24, 2.45) is 0 Å². The molecular formula is C114H130I2N4O28. The molecule has 6 aliphatic heterocycles. The van der Waals surface area contributed by atoms with Gasteiger partial charge in [0, 0.05) is 49.7 Å². The highest BCUT2D eigenvalue weighted by atomic mass is 127. The molecule has 788 valence electrons. The summed E-state index contributed by atoms with van der Waals surface area (Å²) in [5.74, 6) is 7.93. The van der Waals surface area contributed by atoms with Crippen molar-refractivity contribution in [2.45, 2.75) is 96.0 Å². The van der Waals surface area contributed by atoms with Gasteiger partial charge in [-0.25, -0.2) is 9.59 Å². The van der Waals surface area contributed by atoms with E-state index in [1.807, 2.05) is 182 Å². The lowest BCUT2D eigenvalue weighted by atomic mass is 10.1. The molecule has 8 atom stereocenters. The van der Waals surface area contributed by atoms with E-state index in [4.69, 9.17) is 126 Å². The zero-order chi connectivity index (χ0) is 106. The average Bonchev–Trinajstić information content (AvgIpc) is 1.50. The van der Waals surface area contributed by atoms with Crippen LogP contribution in [0.15, 0.2) is 267 Å². The number of amides is 2. The topological polar surface area (TPSA) is 377 Å². The second-order valence-corrected chi connectivity index (χ2v) is 34.4. The van der Waals surface area contributed by atoms with E-state index in [1.54, 1.807) is 206 Å². The molecule has 6 heterocycles. The minimum atomic E-state index is -0.454. The Bertz CT molecular complexity index is 5930. The number of esters is 2. The Morgan fingerprint density at radius 3 is 0.892 bits per heavy atom. The molecule has 0 saturated carbocycles. The van der Waals surface area contributed by atoms with Gasteiger partial charge in [0.25, 0.3) is 11.8 Å². The standard InChI is InChI=1S/2C26H26N2O5.C22H24O6.C13H16O4.C9H11IO3.C9H9IO2.C4H8O2.C4H6O.CH4/c2*1-30-23-14-18(15-24(31-2)25(23)32-3)22-13-12-21(33-22)16-8-10-17(11-9-16)26(29)28-20-7-5-4-6-19(20)27;1-5-27-22(23)15-8-6-14(7-9-15)17-10-11-18(28-17)16-12-19(24-2)21(26-4)20(13-16)25-3;1-14-11-7-9(10-5-4-6-17-10)8-12(15-2)13(11)16-3;1-11-7-4-6(10)5-8(12-2)9(7)13-3;1-2-12-9(11)7-3-5-8(10)6-4-7;5-4-2-1-3-6-4;1-2-4-5-3-1;/h2*4-15,21-22H,27H2,1-3H3,(H,28,29);6-13,17-18H,5H2,1-4H3;4,6-8,10H,5H2,1-3H3;4-5H,1-3H3;3-6H,2H2,1H3;4-5H,1-3H2;1,3H,2,4H2;1H4/t2*21-,22-;17-,18-;;;;;;/m000....../s1. The van der Waals surface area contributed by atoms with Crippen LogP contribution in [0.4, 0.5) is 22.7 Å². The number of rotatable bonds is 30. The molecule has 7 N–H and O–H groups in total. The molecule has 1 saturated heterocycles. The van der Waals surface area contributed by atoms with Crippen LogP contribution in [0.1, 0.15) is 170 Å². The van der Waals surface area contributed by atoms with E-state index in [9.17, 15) is 19.2 Å². The molecule has 34 heteroatoms. The largest absolute Gasteiger partial charge is 0.501 e. The maximum absolute atomic E-state index is 12.6. The summed E-state index contributed by atoms with van der Waals surface area (Å²) in [5, 5.41) is 14.2. The van der Waals surface area contributed by atoms with Crippen molar-refractivity contribution < 1.29 is 133 Å². The number of carbonyl (C=O) groups excluding carboxylic acids is 4. The number of hydrogen-bond acceptors (Lipinski definition) is 30. The Hall–Kier alpha value is -14.5. The first-order valence-electron chi connectivity index (χ1n) is 46.6. The van der Waals surface area contributed by atoms with Crippen LogP contribution in [0.5, 0.6) is 86.2 Å². The van der Waals surface area contributed by atoms with Crippen LogP contribution in [-0.4, -0.2) is 168 Å². The van der Waals surface area contributed by atoms with Gasteiger partial charge in [-0.1, -0.05) is 105 Å². The molecule has 6 aliphatic rings. The van der Waals surface area contributed by atoms with Crippen molar-refractivity contribution in [2.75, 3.05) is 155 Å². The van der Waals surface area contributed by atoms with Crippen molar-refractivity contribution in [3.8, 4) is 86.2 Å². The molecule has 0 spiro atoms. The number of nitrogens with one attached hydrogen (secondary N) is 2. The number of benzene rings is 11. The lowest BCUT2D eigenvalue weighted by Crippen LogP contribution is -2.13. The van der Waals surface area contributed by atoms with E-state index >= 15 is 0 Å². The average molecular weight is 2260 g/mol. The van der Waals surface area contributed by atoms with Crippen LogP contribution in [-0.2, 0) is 37.9 Å².